The molecular formula is C18H22N2O2. The van der Waals surface area contributed by atoms with Gasteiger partial charge in [-0.1, -0.05) is 30.3 Å². The summed E-state index contributed by atoms with van der Waals surface area (Å²) in [6.45, 7) is 5.91. The Kier molecular flexibility index (Phi) is 4.71. The lowest BCUT2D eigenvalue weighted by Crippen LogP contribution is -2.37. The second-order valence-corrected chi connectivity index (χ2v) is 5.51. The predicted molar refractivity (Wildman–Crippen MR) is 87.0 cm³/mol. The quantitative estimate of drug-likeness (QED) is 0.868. The number of ether oxygens (including phenoxy) is 2. The van der Waals surface area contributed by atoms with Gasteiger partial charge in [-0.3, -0.25) is 4.90 Å². The highest BCUT2D eigenvalue weighted by Crippen LogP contribution is 2.25. The number of pyridine rings is 1. The van der Waals surface area contributed by atoms with Crippen LogP contribution in [-0.4, -0.2) is 43.3 Å². The summed E-state index contributed by atoms with van der Waals surface area (Å²) in [7, 11) is 1.64. The molecule has 4 heteroatoms. The van der Waals surface area contributed by atoms with Gasteiger partial charge in [-0.25, -0.2) is 4.98 Å². The Labute approximate surface area is 131 Å². The second kappa shape index (κ2) is 6.90. The maximum Gasteiger partial charge on any atom is 0.213 e. The molecule has 0 unspecified atom stereocenters. The molecule has 116 valence electrons. The molecule has 4 nitrogen and oxygen atoms in total. The van der Waals surface area contributed by atoms with Crippen molar-refractivity contribution >= 4 is 0 Å². The maximum absolute atomic E-state index is 5.42. The molecule has 0 saturated carbocycles. The van der Waals surface area contributed by atoms with Gasteiger partial charge in [0.15, 0.2) is 0 Å². The minimum Gasteiger partial charge on any atom is -0.481 e. The van der Waals surface area contributed by atoms with Crippen molar-refractivity contribution in [2.24, 2.45) is 0 Å². The molecule has 0 radical (unpaired) electrons. The van der Waals surface area contributed by atoms with Crippen molar-refractivity contribution in [1.82, 2.24) is 9.88 Å². The Morgan fingerprint density at radius 2 is 1.82 bits per heavy atom. The van der Waals surface area contributed by atoms with E-state index in [1.807, 2.05) is 18.2 Å². The number of nitrogens with zero attached hydrogens (tertiary/aromatic N) is 2. The predicted octanol–water partition coefficient (Wildman–Crippen LogP) is 3.15. The van der Waals surface area contributed by atoms with E-state index in [1.165, 1.54) is 5.56 Å². The number of hydrogen-bond donors (Lipinski definition) is 0. The number of methoxy groups -OCH3 is 1. The minimum absolute atomic E-state index is 0.413. The monoisotopic (exact) mass is 298 g/mol. The summed E-state index contributed by atoms with van der Waals surface area (Å²) >= 11 is 0. The number of aromatic nitrogens is 1. The number of benzene rings is 1. The van der Waals surface area contributed by atoms with Gasteiger partial charge in [0.25, 0.3) is 0 Å². The Morgan fingerprint density at radius 3 is 2.50 bits per heavy atom. The van der Waals surface area contributed by atoms with Crippen LogP contribution in [0.1, 0.15) is 18.5 Å². The van der Waals surface area contributed by atoms with Crippen molar-refractivity contribution < 1.29 is 9.47 Å². The van der Waals surface area contributed by atoms with Crippen molar-refractivity contribution in [3.8, 4) is 17.1 Å². The third kappa shape index (κ3) is 3.29. The summed E-state index contributed by atoms with van der Waals surface area (Å²) in [5, 5.41) is 0. The van der Waals surface area contributed by atoms with Gasteiger partial charge in [0.1, 0.15) is 0 Å². The second-order valence-electron chi connectivity index (χ2n) is 5.51. The summed E-state index contributed by atoms with van der Waals surface area (Å²) in [5.74, 6) is 0.642. The minimum atomic E-state index is 0.413. The van der Waals surface area contributed by atoms with Crippen LogP contribution in [0.4, 0.5) is 0 Å². The topological polar surface area (TPSA) is 34.6 Å². The molecule has 2 heterocycles. The fraction of sp³-hybridized carbons (Fsp3) is 0.389. The molecule has 0 N–H and O–H groups in total. The molecule has 0 spiro atoms. The standard InChI is InChI=1S/C18H22N2O2/c1-14(20-10-12-22-13-11-20)15-6-8-16(9-7-15)17-4-3-5-18(19-17)21-2/h3-9,14H,10-13H2,1-2H3/t14-/m1/s1. The molecule has 0 bridgehead atoms. The van der Waals surface area contributed by atoms with Crippen LogP contribution in [0.2, 0.25) is 0 Å². The highest BCUT2D eigenvalue weighted by Gasteiger charge is 2.18. The molecular weight excluding hydrogens is 276 g/mol. The molecule has 0 amide bonds. The highest BCUT2D eigenvalue weighted by molar-refractivity contribution is 5.60. The number of rotatable bonds is 4. The summed E-state index contributed by atoms with van der Waals surface area (Å²) in [6, 6.07) is 14.9. The van der Waals surface area contributed by atoms with Crippen LogP contribution >= 0.6 is 0 Å². The van der Waals surface area contributed by atoms with Gasteiger partial charge in [-0.05, 0) is 18.6 Å². The van der Waals surface area contributed by atoms with Crippen molar-refractivity contribution in [2.75, 3.05) is 33.4 Å². The zero-order chi connectivity index (χ0) is 15.4. The van der Waals surface area contributed by atoms with E-state index in [9.17, 15) is 0 Å². The normalized spacial score (nSPS) is 17.2. The van der Waals surface area contributed by atoms with E-state index in [-0.39, 0.29) is 0 Å². The molecule has 0 aliphatic carbocycles. The zero-order valence-electron chi connectivity index (χ0n) is 13.2. The third-order valence-electron chi connectivity index (χ3n) is 4.21. The lowest BCUT2D eigenvalue weighted by atomic mass is 10.0. The molecule has 1 aromatic carbocycles. The molecule has 2 aromatic rings. The van der Waals surface area contributed by atoms with Gasteiger partial charge in [-0.15, -0.1) is 0 Å². The fourth-order valence-corrected chi connectivity index (χ4v) is 2.80. The van der Waals surface area contributed by atoms with Crippen LogP contribution in [0.5, 0.6) is 5.88 Å². The van der Waals surface area contributed by atoms with Gasteiger partial charge >= 0.3 is 0 Å². The lowest BCUT2D eigenvalue weighted by Gasteiger charge is -2.32. The fourth-order valence-electron chi connectivity index (χ4n) is 2.80. The van der Waals surface area contributed by atoms with Crippen molar-refractivity contribution in [2.45, 2.75) is 13.0 Å². The highest BCUT2D eigenvalue weighted by atomic mass is 16.5. The van der Waals surface area contributed by atoms with E-state index >= 15 is 0 Å². The van der Waals surface area contributed by atoms with Crippen LogP contribution in [0.3, 0.4) is 0 Å². The van der Waals surface area contributed by atoms with Crippen LogP contribution in [0, 0.1) is 0 Å². The van der Waals surface area contributed by atoms with Crippen LogP contribution in [0.25, 0.3) is 11.3 Å². The van der Waals surface area contributed by atoms with E-state index in [4.69, 9.17) is 9.47 Å². The smallest absolute Gasteiger partial charge is 0.213 e. The molecule has 1 saturated heterocycles. The Hall–Kier alpha value is -1.91. The van der Waals surface area contributed by atoms with Crippen molar-refractivity contribution in [3.63, 3.8) is 0 Å². The first-order valence-electron chi connectivity index (χ1n) is 7.71. The van der Waals surface area contributed by atoms with Gasteiger partial charge in [0.05, 0.1) is 26.0 Å². The van der Waals surface area contributed by atoms with Crippen molar-refractivity contribution in [1.29, 1.82) is 0 Å². The van der Waals surface area contributed by atoms with E-state index in [0.717, 1.165) is 37.6 Å². The zero-order valence-corrected chi connectivity index (χ0v) is 13.2. The first kappa shape index (κ1) is 15.0. The van der Waals surface area contributed by atoms with Crippen LogP contribution in [-0.2, 0) is 4.74 Å². The van der Waals surface area contributed by atoms with Crippen LogP contribution in [0.15, 0.2) is 42.5 Å². The van der Waals surface area contributed by atoms with E-state index < -0.39 is 0 Å². The Morgan fingerprint density at radius 1 is 1.09 bits per heavy atom. The summed E-state index contributed by atoms with van der Waals surface area (Å²) in [6.07, 6.45) is 0. The molecule has 1 aromatic heterocycles. The lowest BCUT2D eigenvalue weighted by molar-refractivity contribution is 0.0198. The first-order chi connectivity index (χ1) is 10.8. The molecule has 1 atom stereocenters. The SMILES string of the molecule is COc1cccc(-c2ccc([C@@H](C)N3CCOCC3)cc2)n1. The Bertz CT molecular complexity index is 607. The van der Waals surface area contributed by atoms with E-state index in [1.54, 1.807) is 7.11 Å². The van der Waals surface area contributed by atoms with Gasteiger partial charge in [-0.2, -0.15) is 0 Å². The van der Waals surface area contributed by atoms with E-state index in [0.29, 0.717) is 11.9 Å². The average molecular weight is 298 g/mol. The summed E-state index contributed by atoms with van der Waals surface area (Å²) in [5.41, 5.74) is 3.37. The summed E-state index contributed by atoms with van der Waals surface area (Å²) in [4.78, 5) is 6.94. The average Bonchev–Trinajstić information content (AvgIpc) is 2.62. The number of morpholine rings is 1. The van der Waals surface area contributed by atoms with E-state index in [2.05, 4.69) is 41.1 Å². The third-order valence-corrected chi connectivity index (χ3v) is 4.21. The van der Waals surface area contributed by atoms with Gasteiger partial charge < -0.3 is 9.47 Å². The summed E-state index contributed by atoms with van der Waals surface area (Å²) < 4.78 is 10.6. The molecule has 22 heavy (non-hydrogen) atoms. The number of hydrogen-bond acceptors (Lipinski definition) is 4. The Balaban J connectivity index is 1.76. The molecule has 3 rings (SSSR count). The molecule has 1 aliphatic rings. The molecule has 1 aliphatic heterocycles. The largest absolute Gasteiger partial charge is 0.481 e. The van der Waals surface area contributed by atoms with Crippen molar-refractivity contribution in [3.05, 3.63) is 48.0 Å². The first-order valence-corrected chi connectivity index (χ1v) is 7.71. The maximum atomic E-state index is 5.42. The van der Waals surface area contributed by atoms with Crippen LogP contribution < -0.4 is 4.74 Å². The molecule has 1 fully saturated rings. The van der Waals surface area contributed by atoms with Gasteiger partial charge in [0.2, 0.25) is 5.88 Å². The van der Waals surface area contributed by atoms with Gasteiger partial charge in [0, 0.05) is 30.8 Å².